The largest absolute Gasteiger partial charge is 0.588 e. The van der Waals surface area contributed by atoms with Crippen LogP contribution in [0.5, 0.6) is 11.5 Å². The maximum atomic E-state index is 13.3. The molecule has 5 nitrogen and oxygen atoms in total. The van der Waals surface area contributed by atoms with Gasteiger partial charge >= 0.3 is 7.82 Å². The van der Waals surface area contributed by atoms with Gasteiger partial charge in [0.15, 0.2) is 5.78 Å². The highest BCUT2D eigenvalue weighted by Crippen LogP contribution is 2.50. The SMILES string of the molecule is CC(OP(=O)(Oc1ccccc1)Oc1ccccc1)C(=O)c1ccccc1. The average Bonchev–Trinajstić information content (AvgIpc) is 2.69. The molecule has 3 aromatic carbocycles. The van der Waals surface area contributed by atoms with Gasteiger partial charge in [-0.25, -0.2) is 4.57 Å². The van der Waals surface area contributed by atoms with Crippen molar-refractivity contribution < 1.29 is 22.9 Å². The molecule has 0 radical (unpaired) electrons. The predicted octanol–water partition coefficient (Wildman–Crippen LogP) is 5.54. The fourth-order valence-corrected chi connectivity index (χ4v) is 3.73. The van der Waals surface area contributed by atoms with Gasteiger partial charge in [-0.3, -0.25) is 9.32 Å². The van der Waals surface area contributed by atoms with E-state index in [4.69, 9.17) is 13.6 Å². The average molecular weight is 382 g/mol. The minimum atomic E-state index is -4.11. The summed E-state index contributed by atoms with van der Waals surface area (Å²) < 4.78 is 29.8. The normalized spacial score (nSPS) is 12.2. The molecule has 3 rings (SSSR count). The van der Waals surface area contributed by atoms with Gasteiger partial charge in [-0.1, -0.05) is 66.7 Å². The lowest BCUT2D eigenvalue weighted by molar-refractivity contribution is 0.0761. The standard InChI is InChI=1S/C21H19O5P/c1-17(21(22)18-11-5-2-6-12-18)24-27(23,25-19-13-7-3-8-14-19)26-20-15-9-4-10-16-20/h2-17H,1H3. The van der Waals surface area contributed by atoms with E-state index in [0.717, 1.165) is 0 Å². The van der Waals surface area contributed by atoms with E-state index in [1.165, 1.54) is 6.92 Å². The topological polar surface area (TPSA) is 61.8 Å². The molecule has 27 heavy (non-hydrogen) atoms. The molecule has 1 unspecified atom stereocenters. The molecule has 3 aromatic rings. The Kier molecular flexibility index (Phi) is 6.07. The molecule has 0 N–H and O–H groups in total. The zero-order valence-electron chi connectivity index (χ0n) is 14.7. The van der Waals surface area contributed by atoms with E-state index >= 15 is 0 Å². The van der Waals surface area contributed by atoms with E-state index in [9.17, 15) is 9.36 Å². The lowest BCUT2D eigenvalue weighted by Gasteiger charge is -2.22. The number of ketones is 1. The monoisotopic (exact) mass is 382 g/mol. The minimum absolute atomic E-state index is 0.316. The highest BCUT2D eigenvalue weighted by molar-refractivity contribution is 7.49. The van der Waals surface area contributed by atoms with E-state index in [0.29, 0.717) is 17.1 Å². The van der Waals surface area contributed by atoms with Crippen LogP contribution in [-0.4, -0.2) is 11.9 Å². The van der Waals surface area contributed by atoms with Crippen LogP contribution in [0.15, 0.2) is 91.0 Å². The zero-order valence-corrected chi connectivity index (χ0v) is 15.6. The molecule has 1 atom stereocenters. The van der Waals surface area contributed by atoms with Gasteiger partial charge in [0.1, 0.15) is 17.6 Å². The summed E-state index contributed by atoms with van der Waals surface area (Å²) >= 11 is 0. The fraction of sp³-hybridized carbons (Fsp3) is 0.0952. The molecule has 6 heteroatoms. The van der Waals surface area contributed by atoms with Crippen LogP contribution in [0.2, 0.25) is 0 Å². The quantitative estimate of drug-likeness (QED) is 0.378. The van der Waals surface area contributed by atoms with Gasteiger partial charge in [0, 0.05) is 5.56 Å². The first-order valence-corrected chi connectivity index (χ1v) is 9.89. The smallest absolute Gasteiger partial charge is 0.395 e. The van der Waals surface area contributed by atoms with Gasteiger partial charge in [0.2, 0.25) is 0 Å². The lowest BCUT2D eigenvalue weighted by Crippen LogP contribution is -2.22. The van der Waals surface area contributed by atoms with E-state index in [-0.39, 0.29) is 5.78 Å². The summed E-state index contributed by atoms with van der Waals surface area (Å²) in [5.41, 5.74) is 0.455. The highest BCUT2D eigenvalue weighted by Gasteiger charge is 2.35. The van der Waals surface area contributed by atoms with Crippen molar-refractivity contribution in [2.24, 2.45) is 0 Å². The van der Waals surface area contributed by atoms with Crippen molar-refractivity contribution in [2.75, 3.05) is 0 Å². The fourth-order valence-electron chi connectivity index (χ4n) is 2.36. The number of carbonyl (C=O) groups excluding carboxylic acids is 1. The molecular formula is C21H19O5P. The second kappa shape index (κ2) is 8.67. The first-order chi connectivity index (χ1) is 13.1. The van der Waals surface area contributed by atoms with Gasteiger partial charge in [0.25, 0.3) is 0 Å². The Morgan fingerprint density at radius 2 is 1.15 bits per heavy atom. The molecule has 138 valence electrons. The Balaban J connectivity index is 1.82. The maximum Gasteiger partial charge on any atom is 0.588 e. The van der Waals surface area contributed by atoms with Gasteiger partial charge in [-0.15, -0.1) is 0 Å². The van der Waals surface area contributed by atoms with E-state index in [1.54, 1.807) is 84.9 Å². The van der Waals surface area contributed by atoms with Crippen molar-refractivity contribution in [3.8, 4) is 11.5 Å². The Hall–Kier alpha value is -2.88. The van der Waals surface area contributed by atoms with E-state index in [1.807, 2.05) is 6.07 Å². The third-order valence-corrected chi connectivity index (χ3v) is 5.08. The molecule has 0 spiro atoms. The van der Waals surface area contributed by atoms with Crippen LogP contribution in [-0.2, 0) is 9.09 Å². The molecular weight excluding hydrogens is 363 g/mol. The van der Waals surface area contributed by atoms with Gasteiger partial charge < -0.3 is 9.05 Å². The van der Waals surface area contributed by atoms with Gasteiger partial charge in [-0.05, 0) is 31.2 Å². The summed E-state index contributed by atoms with van der Waals surface area (Å²) in [7, 11) is -4.11. The number of para-hydroxylation sites is 2. The van der Waals surface area contributed by atoms with Crippen molar-refractivity contribution in [1.29, 1.82) is 0 Å². The minimum Gasteiger partial charge on any atom is -0.395 e. The van der Waals surface area contributed by atoms with Crippen LogP contribution in [0.1, 0.15) is 17.3 Å². The Bertz CT molecular complexity index is 868. The Labute approximate surface area is 158 Å². The summed E-state index contributed by atoms with van der Waals surface area (Å²) in [6.07, 6.45) is -1.02. The Morgan fingerprint density at radius 1 is 0.741 bits per heavy atom. The number of hydrogen-bond donors (Lipinski definition) is 0. The zero-order chi connectivity index (χ0) is 19.1. The van der Waals surface area contributed by atoms with Crippen LogP contribution in [0.3, 0.4) is 0 Å². The first kappa shape index (κ1) is 18.9. The predicted molar refractivity (Wildman–Crippen MR) is 103 cm³/mol. The molecule has 0 aromatic heterocycles. The molecule has 0 saturated carbocycles. The van der Waals surface area contributed by atoms with Crippen molar-refractivity contribution in [3.05, 3.63) is 96.6 Å². The number of phosphoric ester groups is 1. The first-order valence-electron chi connectivity index (χ1n) is 8.43. The molecule has 0 aliphatic rings. The van der Waals surface area contributed by atoms with Crippen LogP contribution in [0.4, 0.5) is 0 Å². The summed E-state index contributed by atoms with van der Waals surface area (Å²) in [5, 5.41) is 0. The summed E-state index contributed by atoms with van der Waals surface area (Å²) in [5.74, 6) is 0.316. The van der Waals surface area contributed by atoms with Crippen molar-refractivity contribution in [1.82, 2.24) is 0 Å². The maximum absolute atomic E-state index is 13.3. The number of hydrogen-bond acceptors (Lipinski definition) is 5. The molecule has 0 fully saturated rings. The summed E-state index contributed by atoms with van der Waals surface area (Å²) in [4.78, 5) is 12.6. The number of carbonyl (C=O) groups is 1. The van der Waals surface area contributed by atoms with Crippen LogP contribution < -0.4 is 9.05 Å². The molecule has 0 amide bonds. The number of phosphoric acid groups is 1. The van der Waals surface area contributed by atoms with E-state index < -0.39 is 13.9 Å². The molecule has 0 bridgehead atoms. The van der Waals surface area contributed by atoms with Crippen LogP contribution in [0.25, 0.3) is 0 Å². The van der Waals surface area contributed by atoms with E-state index in [2.05, 4.69) is 0 Å². The molecule has 0 aliphatic heterocycles. The van der Waals surface area contributed by atoms with Crippen molar-refractivity contribution >= 4 is 13.6 Å². The molecule has 0 aliphatic carbocycles. The number of rotatable bonds is 8. The summed E-state index contributed by atoms with van der Waals surface area (Å²) in [6, 6.07) is 25.7. The van der Waals surface area contributed by atoms with Gasteiger partial charge in [-0.2, -0.15) is 0 Å². The van der Waals surface area contributed by atoms with Crippen LogP contribution in [0, 0.1) is 0 Å². The highest BCUT2D eigenvalue weighted by atomic mass is 31.2. The molecule has 0 saturated heterocycles. The van der Waals surface area contributed by atoms with Crippen molar-refractivity contribution in [3.63, 3.8) is 0 Å². The Morgan fingerprint density at radius 3 is 1.59 bits per heavy atom. The third-order valence-electron chi connectivity index (χ3n) is 3.64. The third kappa shape index (κ3) is 5.30. The van der Waals surface area contributed by atoms with Gasteiger partial charge in [0.05, 0.1) is 0 Å². The van der Waals surface area contributed by atoms with Crippen LogP contribution >= 0.6 is 7.82 Å². The lowest BCUT2D eigenvalue weighted by atomic mass is 10.1. The van der Waals surface area contributed by atoms with Crippen molar-refractivity contribution in [2.45, 2.75) is 13.0 Å². The summed E-state index contributed by atoms with van der Waals surface area (Å²) in [6.45, 7) is 1.52. The number of benzene rings is 3. The molecule has 0 heterocycles. The number of Topliss-reactive ketones (excluding diaryl/α,β-unsaturated/α-hetero) is 1. The second-order valence-corrected chi connectivity index (χ2v) is 7.20. The second-order valence-electron chi connectivity index (χ2n) is 5.73.